The van der Waals surface area contributed by atoms with Crippen LogP contribution in [0.25, 0.3) is 0 Å². The molecule has 1 atom stereocenters. The molecule has 2 N–H and O–H groups in total. The Morgan fingerprint density at radius 2 is 1.12 bits per heavy atom. The van der Waals surface area contributed by atoms with Crippen molar-refractivity contribution >= 4 is 5.69 Å². The van der Waals surface area contributed by atoms with Gasteiger partial charge in [0.25, 0.3) is 0 Å². The molecule has 0 aliphatic carbocycles. The summed E-state index contributed by atoms with van der Waals surface area (Å²) in [7, 11) is 0. The number of unbranched alkanes of at least 4 members (excludes halogenated alkanes) is 13. The lowest BCUT2D eigenvalue weighted by molar-refractivity contribution is 0.199. The van der Waals surface area contributed by atoms with Crippen LogP contribution in [0.4, 0.5) is 5.69 Å². The second kappa shape index (κ2) is 16.2. The number of aliphatic hydroxyl groups excluding tert-OH is 1. The molecule has 0 spiro atoms. The smallest absolute Gasteiger partial charge is 0.0761 e. The third kappa shape index (κ3) is 12.4. The predicted octanol–water partition coefficient (Wildman–Crippen LogP) is 7.63. The van der Waals surface area contributed by atoms with Crippen molar-refractivity contribution in [1.82, 2.24) is 0 Å². The van der Waals surface area contributed by atoms with Crippen LogP contribution in [0.2, 0.25) is 0 Å². The Bertz CT molecular complexity index is 413. The highest BCUT2D eigenvalue weighted by molar-refractivity contribution is 5.44. The van der Waals surface area contributed by atoms with Crippen LogP contribution in [0.3, 0.4) is 0 Å². The monoisotopic (exact) mass is 361 g/mol. The number of aliphatic hydroxyl groups is 1. The van der Waals surface area contributed by atoms with E-state index in [-0.39, 0.29) is 6.10 Å². The Morgan fingerprint density at radius 1 is 0.692 bits per heavy atom. The largest absolute Gasteiger partial charge is 0.389 e. The van der Waals surface area contributed by atoms with Gasteiger partial charge in [0.2, 0.25) is 0 Å². The van der Waals surface area contributed by atoms with E-state index in [1.165, 1.54) is 89.9 Å². The molecule has 0 bridgehead atoms. The van der Waals surface area contributed by atoms with E-state index >= 15 is 0 Å². The average Bonchev–Trinajstić information content (AvgIpc) is 2.65. The Balaban J connectivity index is 1.82. The zero-order valence-corrected chi connectivity index (χ0v) is 17.4. The van der Waals surface area contributed by atoms with Crippen molar-refractivity contribution in [2.75, 3.05) is 11.9 Å². The first-order valence-electron chi connectivity index (χ1n) is 11.3. The molecule has 0 saturated heterocycles. The normalized spacial score (nSPS) is 12.3. The van der Waals surface area contributed by atoms with Gasteiger partial charge in [-0.1, -0.05) is 103 Å². The van der Waals surface area contributed by atoms with Crippen LogP contribution >= 0.6 is 0 Å². The van der Waals surface area contributed by atoms with Gasteiger partial charge in [-0.3, -0.25) is 0 Å². The van der Waals surface area contributed by atoms with Crippen molar-refractivity contribution in [2.45, 2.75) is 110 Å². The first-order chi connectivity index (χ1) is 12.7. The lowest BCUT2D eigenvalue weighted by atomic mass is 10.0. The Labute approximate surface area is 162 Å². The molecule has 0 aliphatic rings. The van der Waals surface area contributed by atoms with Gasteiger partial charge in [-0.25, -0.2) is 0 Å². The fraction of sp³-hybridized carbons (Fsp3) is 0.750. The molecular formula is C24H43NO. The van der Waals surface area contributed by atoms with E-state index in [1.807, 2.05) is 12.1 Å². The molecule has 1 rings (SSSR count). The molecule has 2 heteroatoms. The quantitative estimate of drug-likeness (QED) is 0.279. The van der Waals surface area contributed by atoms with Crippen molar-refractivity contribution in [2.24, 2.45) is 0 Å². The first kappa shape index (κ1) is 23.0. The Kier molecular flexibility index (Phi) is 14.3. The maximum Gasteiger partial charge on any atom is 0.0761 e. The molecule has 0 radical (unpaired) electrons. The second-order valence-corrected chi connectivity index (χ2v) is 7.82. The van der Waals surface area contributed by atoms with Gasteiger partial charge in [0, 0.05) is 12.2 Å². The number of rotatable bonds is 17. The molecular weight excluding hydrogens is 318 g/mol. The molecule has 1 aromatic rings. The van der Waals surface area contributed by atoms with Gasteiger partial charge in [0.15, 0.2) is 0 Å². The van der Waals surface area contributed by atoms with E-state index in [0.717, 1.165) is 17.8 Å². The molecule has 0 saturated carbocycles. The topological polar surface area (TPSA) is 32.3 Å². The van der Waals surface area contributed by atoms with Crippen LogP contribution in [-0.4, -0.2) is 11.7 Å². The SMILES string of the molecule is CCCCCCCCCCCCCCCCNc1ccc(C(C)O)cc1. The second-order valence-electron chi connectivity index (χ2n) is 7.82. The van der Waals surface area contributed by atoms with Gasteiger partial charge in [0.05, 0.1) is 6.10 Å². The summed E-state index contributed by atoms with van der Waals surface area (Å²) in [6.07, 6.45) is 19.3. The number of hydrogen-bond acceptors (Lipinski definition) is 2. The minimum atomic E-state index is -0.380. The number of benzene rings is 1. The van der Waals surface area contributed by atoms with Gasteiger partial charge >= 0.3 is 0 Å². The van der Waals surface area contributed by atoms with Gasteiger partial charge in [-0.05, 0) is 31.0 Å². The summed E-state index contributed by atoms with van der Waals surface area (Å²) >= 11 is 0. The Morgan fingerprint density at radius 3 is 1.54 bits per heavy atom. The van der Waals surface area contributed by atoms with E-state index in [4.69, 9.17) is 0 Å². The Hall–Kier alpha value is -1.02. The van der Waals surface area contributed by atoms with E-state index in [9.17, 15) is 5.11 Å². The summed E-state index contributed by atoms with van der Waals surface area (Å²) in [4.78, 5) is 0. The third-order valence-corrected chi connectivity index (χ3v) is 5.25. The van der Waals surface area contributed by atoms with Crippen molar-refractivity contribution in [1.29, 1.82) is 0 Å². The van der Waals surface area contributed by atoms with E-state index in [0.29, 0.717) is 0 Å². The minimum absolute atomic E-state index is 0.380. The molecule has 1 unspecified atom stereocenters. The van der Waals surface area contributed by atoms with Gasteiger partial charge < -0.3 is 10.4 Å². The summed E-state index contributed by atoms with van der Waals surface area (Å²) in [5.74, 6) is 0. The molecule has 0 aliphatic heterocycles. The molecule has 26 heavy (non-hydrogen) atoms. The minimum Gasteiger partial charge on any atom is -0.389 e. The zero-order valence-electron chi connectivity index (χ0n) is 17.4. The summed E-state index contributed by atoms with van der Waals surface area (Å²) in [6.45, 7) is 5.14. The fourth-order valence-corrected chi connectivity index (χ4v) is 3.43. The van der Waals surface area contributed by atoms with Crippen LogP contribution in [0.1, 0.15) is 115 Å². The molecule has 1 aromatic carbocycles. The molecule has 0 heterocycles. The van der Waals surface area contributed by atoms with Crippen LogP contribution in [0.15, 0.2) is 24.3 Å². The third-order valence-electron chi connectivity index (χ3n) is 5.25. The van der Waals surface area contributed by atoms with Crippen LogP contribution in [0, 0.1) is 0 Å². The number of hydrogen-bond donors (Lipinski definition) is 2. The van der Waals surface area contributed by atoms with Crippen LogP contribution in [-0.2, 0) is 0 Å². The zero-order chi connectivity index (χ0) is 18.9. The molecule has 150 valence electrons. The highest BCUT2D eigenvalue weighted by atomic mass is 16.3. The van der Waals surface area contributed by atoms with E-state index in [1.54, 1.807) is 6.92 Å². The van der Waals surface area contributed by atoms with Crippen molar-refractivity contribution in [3.05, 3.63) is 29.8 Å². The van der Waals surface area contributed by atoms with Crippen molar-refractivity contribution in [3.8, 4) is 0 Å². The summed E-state index contributed by atoms with van der Waals surface area (Å²) in [5, 5.41) is 13.0. The van der Waals surface area contributed by atoms with Gasteiger partial charge in [-0.2, -0.15) is 0 Å². The van der Waals surface area contributed by atoms with E-state index < -0.39 is 0 Å². The molecule has 2 nitrogen and oxygen atoms in total. The summed E-state index contributed by atoms with van der Waals surface area (Å²) in [6, 6.07) is 8.12. The predicted molar refractivity (Wildman–Crippen MR) is 116 cm³/mol. The highest BCUT2D eigenvalue weighted by Gasteiger charge is 1.99. The molecule has 0 fully saturated rings. The van der Waals surface area contributed by atoms with Crippen molar-refractivity contribution in [3.63, 3.8) is 0 Å². The molecule has 0 amide bonds. The van der Waals surface area contributed by atoms with Gasteiger partial charge in [0.1, 0.15) is 0 Å². The van der Waals surface area contributed by atoms with Crippen molar-refractivity contribution < 1.29 is 5.11 Å². The standard InChI is InChI=1S/C24H43NO/c1-3-4-5-6-7-8-9-10-11-12-13-14-15-16-21-25-24-19-17-23(18-20-24)22(2)26/h17-20,22,25-26H,3-16,21H2,1-2H3. The first-order valence-corrected chi connectivity index (χ1v) is 11.3. The lowest BCUT2D eigenvalue weighted by Crippen LogP contribution is -2.01. The number of anilines is 1. The summed E-state index contributed by atoms with van der Waals surface area (Å²) < 4.78 is 0. The van der Waals surface area contributed by atoms with Crippen LogP contribution < -0.4 is 5.32 Å². The highest BCUT2D eigenvalue weighted by Crippen LogP contribution is 2.16. The fourth-order valence-electron chi connectivity index (χ4n) is 3.43. The maximum atomic E-state index is 9.51. The average molecular weight is 362 g/mol. The molecule has 0 aromatic heterocycles. The number of nitrogens with one attached hydrogen (secondary N) is 1. The maximum absolute atomic E-state index is 9.51. The van der Waals surface area contributed by atoms with E-state index in [2.05, 4.69) is 24.4 Å². The van der Waals surface area contributed by atoms with Gasteiger partial charge in [-0.15, -0.1) is 0 Å². The van der Waals surface area contributed by atoms with Crippen LogP contribution in [0.5, 0.6) is 0 Å². The summed E-state index contributed by atoms with van der Waals surface area (Å²) in [5.41, 5.74) is 2.14. The lowest BCUT2D eigenvalue weighted by Gasteiger charge is -2.09.